The van der Waals surface area contributed by atoms with Crippen molar-refractivity contribution in [1.82, 2.24) is 18.8 Å². The molecule has 0 radical (unpaired) electrons. The van der Waals surface area contributed by atoms with Crippen LogP contribution in [0, 0.1) is 0 Å². The van der Waals surface area contributed by atoms with Gasteiger partial charge in [0.05, 0.1) is 0 Å². The number of piperidine rings is 1. The Morgan fingerprint density at radius 2 is 1.80 bits per heavy atom. The molecule has 0 aromatic heterocycles. The van der Waals surface area contributed by atoms with E-state index in [1.54, 1.807) is 8.61 Å². The molecular weight excluding hydrogens is 276 g/mol. The van der Waals surface area contributed by atoms with E-state index in [0.29, 0.717) is 25.7 Å². The second kappa shape index (κ2) is 5.88. The summed E-state index contributed by atoms with van der Waals surface area (Å²) in [6.07, 6.45) is 3.63. The maximum atomic E-state index is 12.8. The largest absolute Gasteiger partial charge is 0.314 e. The molecule has 3 aliphatic rings. The van der Waals surface area contributed by atoms with Gasteiger partial charge in [-0.2, -0.15) is 17.0 Å². The first kappa shape index (κ1) is 14.7. The average Bonchev–Trinajstić information content (AvgIpc) is 2.47. The van der Waals surface area contributed by atoms with Crippen LogP contribution in [0.1, 0.15) is 26.2 Å². The molecule has 0 saturated carbocycles. The number of fused-ring (bicyclic) bond motifs is 1. The normalized spacial score (nSPS) is 34.9. The van der Waals surface area contributed by atoms with E-state index in [2.05, 4.69) is 10.2 Å². The van der Waals surface area contributed by atoms with Crippen molar-refractivity contribution in [3.8, 4) is 0 Å². The average molecular weight is 302 g/mol. The molecule has 3 aliphatic heterocycles. The van der Waals surface area contributed by atoms with Gasteiger partial charge in [0.15, 0.2) is 0 Å². The zero-order chi connectivity index (χ0) is 14.2. The zero-order valence-electron chi connectivity index (χ0n) is 12.3. The molecule has 116 valence electrons. The van der Waals surface area contributed by atoms with Gasteiger partial charge in [-0.25, -0.2) is 0 Å². The van der Waals surface area contributed by atoms with Crippen LogP contribution in [0.3, 0.4) is 0 Å². The van der Waals surface area contributed by atoms with Crippen molar-refractivity contribution in [3.05, 3.63) is 0 Å². The fourth-order valence-electron chi connectivity index (χ4n) is 3.67. The van der Waals surface area contributed by atoms with Crippen molar-refractivity contribution < 1.29 is 8.42 Å². The van der Waals surface area contributed by atoms with Gasteiger partial charge in [-0.15, -0.1) is 0 Å². The van der Waals surface area contributed by atoms with Crippen LogP contribution in [0.5, 0.6) is 0 Å². The number of nitrogens with one attached hydrogen (secondary N) is 1. The third kappa shape index (κ3) is 2.74. The second-order valence-electron chi connectivity index (χ2n) is 6.22. The van der Waals surface area contributed by atoms with Crippen LogP contribution in [-0.4, -0.2) is 79.8 Å². The minimum atomic E-state index is -3.28. The molecule has 0 spiro atoms. The third-order valence-electron chi connectivity index (χ3n) is 4.83. The maximum absolute atomic E-state index is 12.8. The summed E-state index contributed by atoms with van der Waals surface area (Å²) in [6.45, 7) is 7.46. The van der Waals surface area contributed by atoms with Gasteiger partial charge in [0, 0.05) is 51.4 Å². The fraction of sp³-hybridized carbons (Fsp3) is 1.00. The SMILES string of the molecule is CC1CN2CCCCC2CN1S(=O)(=O)N1CCNCC1. The Morgan fingerprint density at radius 3 is 2.55 bits per heavy atom. The number of nitrogens with zero attached hydrogens (tertiary/aromatic N) is 3. The molecule has 0 amide bonds. The van der Waals surface area contributed by atoms with Gasteiger partial charge in [0.1, 0.15) is 0 Å². The first-order valence-corrected chi connectivity index (χ1v) is 9.20. The topological polar surface area (TPSA) is 55.9 Å². The van der Waals surface area contributed by atoms with Crippen molar-refractivity contribution in [2.75, 3.05) is 45.8 Å². The lowest BCUT2D eigenvalue weighted by Gasteiger charge is -2.47. The summed E-state index contributed by atoms with van der Waals surface area (Å²) in [6, 6.07) is 0.516. The molecule has 1 N–H and O–H groups in total. The summed E-state index contributed by atoms with van der Waals surface area (Å²) in [7, 11) is -3.28. The smallest absolute Gasteiger partial charge is 0.282 e. The summed E-state index contributed by atoms with van der Waals surface area (Å²) < 4.78 is 29.1. The molecule has 3 saturated heterocycles. The Kier molecular flexibility index (Phi) is 4.33. The lowest BCUT2D eigenvalue weighted by atomic mass is 9.99. The van der Waals surface area contributed by atoms with Crippen LogP contribution in [0.25, 0.3) is 0 Å². The first-order chi connectivity index (χ1) is 9.59. The molecule has 7 heteroatoms. The molecule has 0 aromatic carbocycles. The first-order valence-electron chi connectivity index (χ1n) is 7.81. The van der Waals surface area contributed by atoms with Crippen LogP contribution < -0.4 is 5.32 Å². The standard InChI is InChI=1S/C13H26N4O2S/c1-12-10-15-7-3-2-4-13(15)11-17(12)20(18,19)16-8-5-14-6-9-16/h12-14H,2-11H2,1H3. The summed E-state index contributed by atoms with van der Waals surface area (Å²) >= 11 is 0. The summed E-state index contributed by atoms with van der Waals surface area (Å²) in [5, 5.41) is 3.21. The molecule has 20 heavy (non-hydrogen) atoms. The van der Waals surface area contributed by atoms with Crippen molar-refractivity contribution in [2.24, 2.45) is 0 Å². The highest BCUT2D eigenvalue weighted by Crippen LogP contribution is 2.27. The molecule has 2 atom stereocenters. The van der Waals surface area contributed by atoms with Crippen LogP contribution >= 0.6 is 0 Å². The second-order valence-corrected chi connectivity index (χ2v) is 8.10. The molecule has 0 aliphatic carbocycles. The van der Waals surface area contributed by atoms with Crippen LogP contribution in [0.4, 0.5) is 0 Å². The quantitative estimate of drug-likeness (QED) is 0.761. The number of rotatable bonds is 2. The lowest BCUT2D eigenvalue weighted by molar-refractivity contribution is 0.0530. The monoisotopic (exact) mass is 302 g/mol. The minimum Gasteiger partial charge on any atom is -0.314 e. The molecule has 3 rings (SSSR count). The van der Waals surface area contributed by atoms with Crippen molar-refractivity contribution in [1.29, 1.82) is 0 Å². The van der Waals surface area contributed by atoms with Crippen molar-refractivity contribution in [2.45, 2.75) is 38.3 Å². The van der Waals surface area contributed by atoms with Gasteiger partial charge in [0.2, 0.25) is 0 Å². The highest BCUT2D eigenvalue weighted by atomic mass is 32.2. The number of hydrogen-bond donors (Lipinski definition) is 1. The molecule has 0 aromatic rings. The summed E-state index contributed by atoms with van der Waals surface area (Å²) in [5.41, 5.74) is 0. The zero-order valence-corrected chi connectivity index (χ0v) is 13.1. The van der Waals surface area contributed by atoms with E-state index in [1.807, 2.05) is 6.92 Å². The molecule has 3 heterocycles. The van der Waals surface area contributed by atoms with E-state index in [1.165, 1.54) is 12.8 Å². The van der Waals surface area contributed by atoms with Gasteiger partial charge in [-0.1, -0.05) is 6.42 Å². The predicted molar refractivity (Wildman–Crippen MR) is 78.7 cm³/mol. The highest BCUT2D eigenvalue weighted by molar-refractivity contribution is 7.86. The Bertz CT molecular complexity index is 436. The van der Waals surface area contributed by atoms with Crippen molar-refractivity contribution >= 4 is 10.2 Å². The highest BCUT2D eigenvalue weighted by Gasteiger charge is 2.41. The lowest BCUT2D eigenvalue weighted by Crippen LogP contribution is -2.63. The van der Waals surface area contributed by atoms with Crippen LogP contribution in [0.2, 0.25) is 0 Å². The van der Waals surface area contributed by atoms with E-state index < -0.39 is 10.2 Å². The van der Waals surface area contributed by atoms with Gasteiger partial charge in [0.25, 0.3) is 10.2 Å². The van der Waals surface area contributed by atoms with E-state index in [0.717, 1.165) is 32.6 Å². The minimum absolute atomic E-state index is 0.0873. The Labute approximate surface area is 122 Å². The van der Waals surface area contributed by atoms with Crippen molar-refractivity contribution in [3.63, 3.8) is 0 Å². The van der Waals surface area contributed by atoms with E-state index >= 15 is 0 Å². The number of piperazine rings is 2. The van der Waals surface area contributed by atoms with Crippen LogP contribution in [0.15, 0.2) is 0 Å². The fourth-order valence-corrected chi connectivity index (χ4v) is 5.49. The molecule has 2 unspecified atom stereocenters. The summed E-state index contributed by atoms with van der Waals surface area (Å²) in [5.74, 6) is 0. The Hall–Kier alpha value is -0.210. The van der Waals surface area contributed by atoms with Gasteiger partial charge < -0.3 is 5.32 Å². The van der Waals surface area contributed by atoms with E-state index in [-0.39, 0.29) is 6.04 Å². The third-order valence-corrected chi connectivity index (χ3v) is 6.95. The maximum Gasteiger partial charge on any atom is 0.282 e. The van der Waals surface area contributed by atoms with Gasteiger partial charge in [-0.3, -0.25) is 4.90 Å². The molecule has 3 fully saturated rings. The van der Waals surface area contributed by atoms with Gasteiger partial charge in [-0.05, 0) is 26.3 Å². The summed E-state index contributed by atoms with van der Waals surface area (Å²) in [4.78, 5) is 2.48. The molecular formula is C13H26N4O2S. The Morgan fingerprint density at radius 1 is 1.05 bits per heavy atom. The molecule has 0 bridgehead atoms. The Balaban J connectivity index is 1.74. The van der Waals surface area contributed by atoms with E-state index in [9.17, 15) is 8.42 Å². The predicted octanol–water partition coefficient (Wildman–Crippen LogP) is -0.305. The van der Waals surface area contributed by atoms with Gasteiger partial charge >= 0.3 is 0 Å². The molecule has 6 nitrogen and oxygen atoms in total. The number of hydrogen-bond acceptors (Lipinski definition) is 4. The van der Waals surface area contributed by atoms with Crippen LogP contribution in [-0.2, 0) is 10.2 Å². The van der Waals surface area contributed by atoms with E-state index in [4.69, 9.17) is 0 Å².